The highest BCUT2D eigenvalue weighted by Crippen LogP contribution is 2.39. The molecule has 1 aromatic heterocycles. The Hall–Kier alpha value is -2.44. The van der Waals surface area contributed by atoms with Gasteiger partial charge in [0.1, 0.15) is 5.52 Å². The molecule has 0 aliphatic heterocycles. The van der Waals surface area contributed by atoms with Gasteiger partial charge in [-0.25, -0.2) is 9.48 Å². The Balaban J connectivity index is 1.77. The number of carbonyl (C=O) groups is 2. The van der Waals surface area contributed by atoms with Crippen LogP contribution in [0.2, 0.25) is 0 Å². The zero-order valence-corrected chi connectivity index (χ0v) is 12.5. The second kappa shape index (κ2) is 5.75. The van der Waals surface area contributed by atoms with Gasteiger partial charge in [-0.3, -0.25) is 4.79 Å². The van der Waals surface area contributed by atoms with Gasteiger partial charge in [0, 0.05) is 6.92 Å². The average molecular weight is 303 g/mol. The van der Waals surface area contributed by atoms with Gasteiger partial charge in [-0.1, -0.05) is 11.3 Å². The fraction of sp³-hybridized carbons (Fsp3) is 0.467. The summed E-state index contributed by atoms with van der Waals surface area (Å²) in [5, 5.41) is 8.29. The summed E-state index contributed by atoms with van der Waals surface area (Å²) in [6, 6.07) is 5.58. The van der Waals surface area contributed by atoms with Gasteiger partial charge in [-0.05, 0) is 30.9 Å². The summed E-state index contributed by atoms with van der Waals surface area (Å²) in [6.45, 7) is 1.86. The van der Waals surface area contributed by atoms with Crippen LogP contribution in [0.5, 0.6) is 0 Å². The Morgan fingerprint density at radius 2 is 2.14 bits per heavy atom. The number of methoxy groups -OCH3 is 1. The number of ether oxygens (including phenoxy) is 2. The number of benzene rings is 1. The molecule has 7 nitrogen and oxygen atoms in total. The molecule has 2 aromatic rings. The van der Waals surface area contributed by atoms with E-state index in [0.717, 1.165) is 18.4 Å². The second-order valence-electron chi connectivity index (χ2n) is 5.49. The number of fused-ring (bicyclic) bond motifs is 1. The summed E-state index contributed by atoms with van der Waals surface area (Å²) in [6.07, 6.45) is 1.77. The van der Waals surface area contributed by atoms with E-state index in [4.69, 9.17) is 9.47 Å². The van der Waals surface area contributed by atoms with Crippen molar-refractivity contribution in [2.24, 2.45) is 5.92 Å². The molecule has 116 valence electrons. The highest BCUT2D eigenvalue weighted by atomic mass is 16.5. The molecule has 1 aromatic carbocycles. The molecule has 3 rings (SSSR count). The van der Waals surface area contributed by atoms with E-state index in [0.29, 0.717) is 23.6 Å². The smallest absolute Gasteiger partial charge is 0.340 e. The van der Waals surface area contributed by atoms with E-state index in [-0.39, 0.29) is 12.0 Å². The Labute approximate surface area is 127 Å². The first-order valence-electron chi connectivity index (χ1n) is 7.15. The minimum atomic E-state index is -0.418. The molecule has 22 heavy (non-hydrogen) atoms. The van der Waals surface area contributed by atoms with Crippen LogP contribution in [0.4, 0.5) is 0 Å². The largest absolute Gasteiger partial charge is 0.466 e. The fourth-order valence-electron chi connectivity index (χ4n) is 2.78. The summed E-state index contributed by atoms with van der Waals surface area (Å²) in [4.78, 5) is 22.6. The topological polar surface area (TPSA) is 83.3 Å². The monoisotopic (exact) mass is 303 g/mol. The van der Waals surface area contributed by atoms with Crippen LogP contribution in [0.25, 0.3) is 11.0 Å². The molecule has 0 unspecified atom stereocenters. The number of carbonyl (C=O) groups excluding carboxylic acids is 2. The van der Waals surface area contributed by atoms with Gasteiger partial charge in [0.25, 0.3) is 0 Å². The van der Waals surface area contributed by atoms with Crippen LogP contribution in [0.15, 0.2) is 18.2 Å². The van der Waals surface area contributed by atoms with Crippen molar-refractivity contribution in [1.29, 1.82) is 0 Å². The van der Waals surface area contributed by atoms with Crippen molar-refractivity contribution in [2.45, 2.75) is 25.8 Å². The lowest BCUT2D eigenvalue weighted by Crippen LogP contribution is -2.31. The fourth-order valence-corrected chi connectivity index (χ4v) is 2.78. The number of rotatable bonds is 4. The minimum absolute atomic E-state index is 0.221. The van der Waals surface area contributed by atoms with E-state index < -0.39 is 5.97 Å². The lowest BCUT2D eigenvalue weighted by Gasteiger charge is -2.34. The summed E-state index contributed by atoms with van der Waals surface area (Å²) >= 11 is 0. The first kappa shape index (κ1) is 14.5. The normalized spacial score (nSPS) is 20.5. The van der Waals surface area contributed by atoms with Gasteiger partial charge in [-0.15, -0.1) is 5.10 Å². The maximum absolute atomic E-state index is 11.7. The van der Waals surface area contributed by atoms with E-state index in [2.05, 4.69) is 10.3 Å². The molecule has 0 atom stereocenters. The van der Waals surface area contributed by atoms with Crippen molar-refractivity contribution in [3.8, 4) is 0 Å². The van der Waals surface area contributed by atoms with Crippen LogP contribution in [0.3, 0.4) is 0 Å². The molecule has 0 spiro atoms. The molecule has 0 bridgehead atoms. The van der Waals surface area contributed by atoms with E-state index >= 15 is 0 Å². The third kappa shape index (κ3) is 2.54. The highest BCUT2D eigenvalue weighted by molar-refractivity contribution is 6.01. The molecule has 1 aliphatic rings. The summed E-state index contributed by atoms with van der Waals surface area (Å²) in [5.74, 6) is -0.312. The predicted octanol–water partition coefficient (Wildman–Crippen LogP) is 1.73. The first-order chi connectivity index (χ1) is 10.6. The van der Waals surface area contributed by atoms with E-state index in [9.17, 15) is 9.59 Å². The maximum atomic E-state index is 11.7. The van der Waals surface area contributed by atoms with E-state index in [1.807, 2.05) is 10.7 Å². The van der Waals surface area contributed by atoms with Gasteiger partial charge < -0.3 is 9.47 Å². The molecule has 0 radical (unpaired) electrons. The first-order valence-corrected chi connectivity index (χ1v) is 7.15. The average Bonchev–Trinajstić information content (AvgIpc) is 2.88. The predicted molar refractivity (Wildman–Crippen MR) is 77.3 cm³/mol. The van der Waals surface area contributed by atoms with Crippen LogP contribution in [-0.4, -0.2) is 40.6 Å². The highest BCUT2D eigenvalue weighted by Gasteiger charge is 2.33. The Bertz CT molecular complexity index is 719. The third-order valence-electron chi connectivity index (χ3n) is 3.99. The molecule has 1 fully saturated rings. The summed E-state index contributed by atoms with van der Waals surface area (Å²) in [7, 11) is 1.34. The van der Waals surface area contributed by atoms with Crippen molar-refractivity contribution in [3.05, 3.63) is 23.8 Å². The van der Waals surface area contributed by atoms with E-state index in [1.54, 1.807) is 12.1 Å². The molecular formula is C15H17N3O4. The van der Waals surface area contributed by atoms with Gasteiger partial charge in [0.05, 0.1) is 30.8 Å². The third-order valence-corrected chi connectivity index (χ3v) is 3.99. The number of esters is 2. The lowest BCUT2D eigenvalue weighted by atomic mass is 9.81. The quantitative estimate of drug-likeness (QED) is 0.800. The van der Waals surface area contributed by atoms with Crippen molar-refractivity contribution < 1.29 is 19.1 Å². The van der Waals surface area contributed by atoms with Gasteiger partial charge in [-0.2, -0.15) is 0 Å². The van der Waals surface area contributed by atoms with Gasteiger partial charge in [0.2, 0.25) is 0 Å². The SMILES string of the molecule is COC(=O)c1cccc2c1nnn2C1CC(COC(C)=O)C1. The number of hydrogen-bond donors (Lipinski definition) is 0. The van der Waals surface area contributed by atoms with Crippen LogP contribution < -0.4 is 0 Å². The van der Waals surface area contributed by atoms with Crippen LogP contribution in [0, 0.1) is 5.92 Å². The zero-order valence-electron chi connectivity index (χ0n) is 12.5. The van der Waals surface area contributed by atoms with Crippen molar-refractivity contribution >= 4 is 23.0 Å². The zero-order chi connectivity index (χ0) is 15.7. The number of nitrogens with zero attached hydrogens (tertiary/aromatic N) is 3. The standard InChI is InChI=1S/C15H17N3O4/c1-9(19)22-8-10-6-11(7-10)18-13-5-3-4-12(15(20)21-2)14(13)16-17-18/h3-5,10-11H,6-8H2,1-2H3. The Kier molecular flexibility index (Phi) is 3.79. The van der Waals surface area contributed by atoms with Crippen molar-refractivity contribution in [2.75, 3.05) is 13.7 Å². The van der Waals surface area contributed by atoms with Crippen molar-refractivity contribution in [3.63, 3.8) is 0 Å². The Morgan fingerprint density at radius 1 is 1.36 bits per heavy atom. The number of hydrogen-bond acceptors (Lipinski definition) is 6. The lowest BCUT2D eigenvalue weighted by molar-refractivity contribution is -0.143. The Morgan fingerprint density at radius 3 is 2.82 bits per heavy atom. The summed E-state index contributed by atoms with van der Waals surface area (Å²) in [5.41, 5.74) is 1.79. The second-order valence-corrected chi connectivity index (χ2v) is 5.49. The molecule has 0 N–H and O–H groups in total. The van der Waals surface area contributed by atoms with E-state index in [1.165, 1.54) is 14.0 Å². The molecule has 1 heterocycles. The minimum Gasteiger partial charge on any atom is -0.466 e. The van der Waals surface area contributed by atoms with Crippen molar-refractivity contribution in [1.82, 2.24) is 15.0 Å². The molecule has 0 saturated heterocycles. The maximum Gasteiger partial charge on any atom is 0.340 e. The summed E-state index contributed by atoms with van der Waals surface area (Å²) < 4.78 is 11.6. The molecular weight excluding hydrogens is 286 g/mol. The van der Waals surface area contributed by atoms with Gasteiger partial charge >= 0.3 is 11.9 Å². The molecule has 1 aliphatic carbocycles. The molecule has 0 amide bonds. The molecule has 7 heteroatoms. The molecule has 1 saturated carbocycles. The number of aromatic nitrogens is 3. The van der Waals surface area contributed by atoms with Crippen LogP contribution in [-0.2, 0) is 14.3 Å². The van der Waals surface area contributed by atoms with Crippen LogP contribution in [0.1, 0.15) is 36.2 Å². The van der Waals surface area contributed by atoms with Gasteiger partial charge in [0.15, 0.2) is 0 Å². The van der Waals surface area contributed by atoms with Crippen LogP contribution >= 0.6 is 0 Å².